The molecule has 0 bridgehead atoms. The zero-order valence-corrected chi connectivity index (χ0v) is 4.85. The molecule has 0 N–H and O–H groups in total. The topological polar surface area (TPSA) is 63.2 Å². The fourth-order valence-corrected chi connectivity index (χ4v) is 0. The summed E-state index contributed by atoms with van der Waals surface area (Å²) in [5, 5.41) is 0. The Bertz CT molecular complexity index is 29.9. The average molecular weight is 104 g/mol. The third-order valence-electron chi connectivity index (χ3n) is 0. The normalized spacial score (nSPS) is 7.00. The second-order valence-electron chi connectivity index (χ2n) is 0.250. The molecule has 3 nitrogen and oxygen atoms in total. The first-order valence-corrected chi connectivity index (χ1v) is 1.84. The van der Waals surface area contributed by atoms with Crippen LogP contribution < -0.4 is 9.79 Å². The minimum Gasteiger partial charge on any atom is -0.813 e. The summed E-state index contributed by atoms with van der Waals surface area (Å²) in [6.07, 6.45) is 0. The van der Waals surface area contributed by atoms with Gasteiger partial charge >= 0.3 is 23.1 Å². The fraction of sp³-hybridized carbons (Fsp3) is 0. The van der Waals surface area contributed by atoms with E-state index in [-0.39, 0.29) is 23.1 Å². The molecule has 0 amide bonds. The quantitative estimate of drug-likeness (QED) is 0.257. The summed E-state index contributed by atoms with van der Waals surface area (Å²) in [7, 11) is -3.63. The molecule has 0 unspecified atom stereocenters. The monoisotopic (exact) mass is 104 g/mol. The summed E-state index contributed by atoms with van der Waals surface area (Å²) >= 11 is 0. The SMILES string of the molecule is O=[PH]([O-])[O-].[Mg+2]. The van der Waals surface area contributed by atoms with E-state index in [1.165, 1.54) is 0 Å². The maximum atomic E-state index is 8.52. The van der Waals surface area contributed by atoms with Gasteiger partial charge in [-0.05, 0) is 0 Å². The Morgan fingerprint density at radius 2 is 1.40 bits per heavy atom. The summed E-state index contributed by atoms with van der Waals surface area (Å²) < 4.78 is 8.52. The van der Waals surface area contributed by atoms with Crippen molar-refractivity contribution in [1.82, 2.24) is 0 Å². The van der Waals surface area contributed by atoms with Crippen LogP contribution in [0.3, 0.4) is 0 Å². The number of hydrogen-bond acceptors (Lipinski definition) is 3. The van der Waals surface area contributed by atoms with Gasteiger partial charge in [-0.1, -0.05) is 8.25 Å². The maximum absolute atomic E-state index is 8.52. The molecule has 0 aromatic rings. The van der Waals surface area contributed by atoms with Crippen LogP contribution >= 0.6 is 8.25 Å². The molecule has 26 valence electrons. The molecule has 0 aromatic carbocycles. The van der Waals surface area contributed by atoms with Gasteiger partial charge in [-0.25, -0.2) is 0 Å². The first kappa shape index (κ1) is 9.32. The third kappa shape index (κ3) is 49.8. The van der Waals surface area contributed by atoms with E-state index in [1.54, 1.807) is 0 Å². The smallest absolute Gasteiger partial charge is 0.813 e. The predicted molar refractivity (Wildman–Crippen MR) is 14.8 cm³/mol. The Morgan fingerprint density at radius 3 is 1.40 bits per heavy atom. The van der Waals surface area contributed by atoms with Crippen LogP contribution in [0.4, 0.5) is 0 Å². The van der Waals surface area contributed by atoms with Gasteiger partial charge in [-0.3, -0.25) is 0 Å². The summed E-state index contributed by atoms with van der Waals surface area (Å²) in [5.41, 5.74) is 0. The molecular weight excluding hydrogens is 103 g/mol. The van der Waals surface area contributed by atoms with Crippen LogP contribution in [0.15, 0.2) is 0 Å². The molecule has 0 aliphatic rings. The van der Waals surface area contributed by atoms with E-state index >= 15 is 0 Å². The predicted octanol–water partition coefficient (Wildman–Crippen LogP) is -2.28. The summed E-state index contributed by atoms with van der Waals surface area (Å²) in [5.74, 6) is 0. The molecule has 0 saturated carbocycles. The van der Waals surface area contributed by atoms with Gasteiger partial charge < -0.3 is 14.4 Å². The van der Waals surface area contributed by atoms with Gasteiger partial charge in [0.1, 0.15) is 0 Å². The minimum absolute atomic E-state index is 0. The Balaban J connectivity index is 0. The molecule has 0 radical (unpaired) electrons. The van der Waals surface area contributed by atoms with Gasteiger partial charge in [0, 0.05) is 0 Å². The van der Waals surface area contributed by atoms with E-state index in [4.69, 9.17) is 14.4 Å². The minimum atomic E-state index is -3.63. The molecule has 0 atom stereocenters. The standard InChI is InChI=1S/Mg.H3O3P/c;1-4(2)3/h;4H,(H2,1,2,3)/q+2;/p-2. The van der Waals surface area contributed by atoms with E-state index in [1.807, 2.05) is 0 Å². The van der Waals surface area contributed by atoms with Gasteiger partial charge in [0.2, 0.25) is 0 Å². The van der Waals surface area contributed by atoms with E-state index in [2.05, 4.69) is 0 Å². The van der Waals surface area contributed by atoms with Gasteiger partial charge in [-0.2, -0.15) is 0 Å². The fourth-order valence-electron chi connectivity index (χ4n) is 0. The van der Waals surface area contributed by atoms with Crippen molar-refractivity contribution in [3.8, 4) is 0 Å². The third-order valence-corrected chi connectivity index (χ3v) is 0. The van der Waals surface area contributed by atoms with Crippen molar-refractivity contribution in [2.45, 2.75) is 0 Å². The summed E-state index contributed by atoms with van der Waals surface area (Å²) in [6, 6.07) is 0. The number of rotatable bonds is 0. The Kier molecular flexibility index (Phi) is 9.17. The Hall–Kier alpha value is 0.916. The Morgan fingerprint density at radius 1 is 1.40 bits per heavy atom. The van der Waals surface area contributed by atoms with Crippen LogP contribution in [0.2, 0.25) is 0 Å². The van der Waals surface area contributed by atoms with Gasteiger partial charge in [-0.15, -0.1) is 0 Å². The van der Waals surface area contributed by atoms with Crippen molar-refractivity contribution in [2.24, 2.45) is 0 Å². The van der Waals surface area contributed by atoms with E-state index in [0.29, 0.717) is 0 Å². The van der Waals surface area contributed by atoms with E-state index < -0.39 is 8.25 Å². The van der Waals surface area contributed by atoms with Crippen LogP contribution in [-0.2, 0) is 4.57 Å². The average Bonchev–Trinajstić information content (AvgIpc) is 0.811. The molecule has 5 heavy (non-hydrogen) atoms. The zero-order chi connectivity index (χ0) is 3.58. The van der Waals surface area contributed by atoms with Crippen molar-refractivity contribution < 1.29 is 14.4 Å². The Labute approximate surface area is 46.1 Å². The van der Waals surface area contributed by atoms with Crippen molar-refractivity contribution in [1.29, 1.82) is 0 Å². The largest absolute Gasteiger partial charge is 2.00 e. The maximum Gasteiger partial charge on any atom is 2.00 e. The van der Waals surface area contributed by atoms with Crippen molar-refractivity contribution >= 4 is 31.3 Å². The van der Waals surface area contributed by atoms with Crippen LogP contribution in [0, 0.1) is 0 Å². The van der Waals surface area contributed by atoms with Crippen molar-refractivity contribution in [3.05, 3.63) is 0 Å². The molecule has 0 rings (SSSR count). The van der Waals surface area contributed by atoms with Crippen LogP contribution in [0.25, 0.3) is 0 Å². The van der Waals surface area contributed by atoms with Gasteiger partial charge in [0.25, 0.3) is 0 Å². The summed E-state index contributed by atoms with van der Waals surface area (Å²) in [6.45, 7) is 0. The van der Waals surface area contributed by atoms with Gasteiger partial charge in [0.05, 0.1) is 0 Å². The molecule has 0 saturated heterocycles. The second-order valence-corrected chi connectivity index (χ2v) is 0.750. The summed E-state index contributed by atoms with van der Waals surface area (Å²) in [4.78, 5) is 17.0. The first-order chi connectivity index (χ1) is 1.73. The molecule has 0 fully saturated rings. The number of hydrogen-bond donors (Lipinski definition) is 0. The first-order valence-electron chi connectivity index (χ1n) is 0.612. The molecular formula is HMgO3P. The van der Waals surface area contributed by atoms with Crippen molar-refractivity contribution in [2.75, 3.05) is 0 Å². The van der Waals surface area contributed by atoms with Crippen LogP contribution in [-0.4, -0.2) is 23.1 Å². The van der Waals surface area contributed by atoms with E-state index in [9.17, 15) is 0 Å². The molecule has 5 heteroatoms. The van der Waals surface area contributed by atoms with Gasteiger partial charge in [0.15, 0.2) is 0 Å². The zero-order valence-electron chi connectivity index (χ0n) is 2.43. The van der Waals surface area contributed by atoms with Crippen LogP contribution in [0.1, 0.15) is 0 Å². The van der Waals surface area contributed by atoms with Crippen LogP contribution in [0.5, 0.6) is 0 Å². The molecule has 0 aliphatic heterocycles. The molecule has 0 aliphatic carbocycles. The molecule has 0 heterocycles. The second kappa shape index (κ2) is 4.92. The van der Waals surface area contributed by atoms with Crippen molar-refractivity contribution in [3.63, 3.8) is 0 Å². The molecule has 0 aromatic heterocycles. The molecule has 0 spiro atoms. The van der Waals surface area contributed by atoms with E-state index in [0.717, 1.165) is 0 Å².